The third-order valence-electron chi connectivity index (χ3n) is 3.16. The number of aromatic nitrogens is 4. The number of nitrogens with zero attached hydrogens (tertiary/aromatic N) is 4. The molecule has 108 valence electrons. The SMILES string of the molecule is COc1cc2c(-n3ccnc3)ncnc2c(OC)c1OC. The molecule has 0 aliphatic carbocycles. The Morgan fingerprint density at radius 3 is 2.43 bits per heavy atom. The summed E-state index contributed by atoms with van der Waals surface area (Å²) in [6.07, 6.45) is 6.65. The summed E-state index contributed by atoms with van der Waals surface area (Å²) in [5, 5.41) is 0.782. The second-order valence-corrected chi connectivity index (χ2v) is 4.21. The van der Waals surface area contributed by atoms with Gasteiger partial charge in [0.15, 0.2) is 11.5 Å². The summed E-state index contributed by atoms with van der Waals surface area (Å²) in [5.74, 6) is 2.26. The van der Waals surface area contributed by atoms with E-state index < -0.39 is 0 Å². The lowest BCUT2D eigenvalue weighted by Crippen LogP contribution is -2.01. The second-order valence-electron chi connectivity index (χ2n) is 4.21. The molecular weight excluding hydrogens is 272 g/mol. The number of hydrogen-bond acceptors (Lipinski definition) is 6. The van der Waals surface area contributed by atoms with Crippen LogP contribution in [-0.2, 0) is 0 Å². The normalized spacial score (nSPS) is 10.6. The standard InChI is InChI=1S/C14H14N4O3/c1-19-10-6-9-11(13(21-3)12(10)20-2)16-7-17-14(9)18-5-4-15-8-18/h4-8H,1-3H3. The predicted molar refractivity (Wildman–Crippen MR) is 76.3 cm³/mol. The molecule has 0 saturated heterocycles. The molecule has 0 N–H and O–H groups in total. The highest BCUT2D eigenvalue weighted by atomic mass is 16.5. The summed E-state index contributed by atoms with van der Waals surface area (Å²) in [6, 6.07) is 1.83. The fourth-order valence-corrected chi connectivity index (χ4v) is 2.24. The monoisotopic (exact) mass is 286 g/mol. The Kier molecular flexibility index (Phi) is 3.31. The van der Waals surface area contributed by atoms with E-state index >= 15 is 0 Å². The molecule has 0 aliphatic heterocycles. The van der Waals surface area contributed by atoms with Gasteiger partial charge in [-0.25, -0.2) is 15.0 Å². The van der Waals surface area contributed by atoms with E-state index in [-0.39, 0.29) is 0 Å². The van der Waals surface area contributed by atoms with Crippen LogP contribution in [0.15, 0.2) is 31.1 Å². The average molecular weight is 286 g/mol. The van der Waals surface area contributed by atoms with Gasteiger partial charge >= 0.3 is 0 Å². The first-order chi connectivity index (χ1) is 10.3. The van der Waals surface area contributed by atoms with Gasteiger partial charge < -0.3 is 14.2 Å². The molecule has 3 rings (SSSR count). The Morgan fingerprint density at radius 1 is 1.00 bits per heavy atom. The van der Waals surface area contributed by atoms with Crippen molar-refractivity contribution >= 4 is 10.9 Å². The molecule has 0 amide bonds. The van der Waals surface area contributed by atoms with E-state index in [9.17, 15) is 0 Å². The molecule has 0 fully saturated rings. The average Bonchev–Trinajstić information content (AvgIpc) is 3.06. The summed E-state index contributed by atoms with van der Waals surface area (Å²) >= 11 is 0. The minimum Gasteiger partial charge on any atom is -0.493 e. The molecule has 0 atom stereocenters. The maximum atomic E-state index is 5.44. The van der Waals surface area contributed by atoms with Crippen LogP contribution in [0.25, 0.3) is 16.7 Å². The van der Waals surface area contributed by atoms with Crippen LogP contribution in [0.3, 0.4) is 0 Å². The van der Waals surface area contributed by atoms with Gasteiger partial charge in [0.05, 0.1) is 26.7 Å². The highest BCUT2D eigenvalue weighted by Gasteiger charge is 2.19. The summed E-state index contributed by atoms with van der Waals surface area (Å²) in [7, 11) is 4.70. The molecule has 1 aromatic carbocycles. The van der Waals surface area contributed by atoms with Crippen molar-refractivity contribution in [3.05, 3.63) is 31.1 Å². The van der Waals surface area contributed by atoms with Crippen molar-refractivity contribution in [3.8, 4) is 23.1 Å². The fourth-order valence-electron chi connectivity index (χ4n) is 2.24. The molecule has 7 heteroatoms. The predicted octanol–water partition coefficient (Wildman–Crippen LogP) is 1.84. The minimum absolute atomic E-state index is 0.503. The van der Waals surface area contributed by atoms with E-state index in [0.29, 0.717) is 28.6 Å². The van der Waals surface area contributed by atoms with Gasteiger partial charge in [-0.1, -0.05) is 0 Å². The van der Waals surface area contributed by atoms with Gasteiger partial charge in [-0.05, 0) is 6.07 Å². The molecule has 0 bridgehead atoms. The molecule has 0 aliphatic rings. The Hall–Kier alpha value is -2.83. The summed E-state index contributed by atoms with van der Waals surface area (Å²) < 4.78 is 18.0. The van der Waals surface area contributed by atoms with E-state index in [1.54, 1.807) is 38.4 Å². The maximum Gasteiger partial charge on any atom is 0.205 e. The van der Waals surface area contributed by atoms with Crippen LogP contribution in [0.2, 0.25) is 0 Å². The van der Waals surface area contributed by atoms with Crippen molar-refractivity contribution < 1.29 is 14.2 Å². The first-order valence-electron chi connectivity index (χ1n) is 6.22. The number of imidazole rings is 1. The molecule has 0 saturated carbocycles. The van der Waals surface area contributed by atoms with Gasteiger partial charge in [0.25, 0.3) is 0 Å². The van der Waals surface area contributed by atoms with Crippen molar-refractivity contribution in [2.75, 3.05) is 21.3 Å². The maximum absolute atomic E-state index is 5.44. The zero-order valence-corrected chi connectivity index (χ0v) is 11.9. The summed E-state index contributed by atoms with van der Waals surface area (Å²) in [6.45, 7) is 0. The minimum atomic E-state index is 0.503. The van der Waals surface area contributed by atoms with Crippen molar-refractivity contribution in [1.29, 1.82) is 0 Å². The van der Waals surface area contributed by atoms with Crippen LogP contribution < -0.4 is 14.2 Å². The number of rotatable bonds is 4. The summed E-state index contributed by atoms with van der Waals surface area (Å²) in [5.41, 5.74) is 0.647. The van der Waals surface area contributed by atoms with Crippen molar-refractivity contribution in [2.45, 2.75) is 0 Å². The Labute approximate surface area is 121 Å². The Morgan fingerprint density at radius 2 is 1.81 bits per heavy atom. The van der Waals surface area contributed by atoms with Crippen LogP contribution in [0, 0.1) is 0 Å². The van der Waals surface area contributed by atoms with Gasteiger partial charge in [0.2, 0.25) is 5.75 Å². The molecular formula is C14H14N4O3. The van der Waals surface area contributed by atoms with Crippen molar-refractivity contribution in [2.24, 2.45) is 0 Å². The Bertz CT molecular complexity index is 771. The van der Waals surface area contributed by atoms with E-state index in [1.807, 2.05) is 12.3 Å². The topological polar surface area (TPSA) is 71.3 Å². The smallest absolute Gasteiger partial charge is 0.205 e. The fraction of sp³-hybridized carbons (Fsp3) is 0.214. The Balaban J connectivity index is 2.39. The first-order valence-corrected chi connectivity index (χ1v) is 6.22. The lowest BCUT2D eigenvalue weighted by atomic mass is 10.2. The third kappa shape index (κ3) is 2.03. The molecule has 0 unspecified atom stereocenters. The zero-order chi connectivity index (χ0) is 14.8. The van der Waals surface area contributed by atoms with E-state index in [4.69, 9.17) is 14.2 Å². The lowest BCUT2D eigenvalue weighted by molar-refractivity contribution is 0.327. The van der Waals surface area contributed by atoms with Crippen LogP contribution in [-0.4, -0.2) is 40.8 Å². The van der Waals surface area contributed by atoms with Gasteiger partial charge in [0.1, 0.15) is 24.0 Å². The van der Waals surface area contributed by atoms with Crippen molar-refractivity contribution in [3.63, 3.8) is 0 Å². The number of hydrogen-bond donors (Lipinski definition) is 0. The zero-order valence-electron chi connectivity index (χ0n) is 11.9. The highest BCUT2D eigenvalue weighted by molar-refractivity contribution is 5.94. The van der Waals surface area contributed by atoms with Crippen LogP contribution in [0.4, 0.5) is 0 Å². The summed E-state index contributed by atoms with van der Waals surface area (Å²) in [4.78, 5) is 12.7. The van der Waals surface area contributed by atoms with Gasteiger partial charge in [-0.15, -0.1) is 0 Å². The van der Waals surface area contributed by atoms with Gasteiger partial charge in [-0.2, -0.15) is 0 Å². The molecule has 2 aromatic heterocycles. The van der Waals surface area contributed by atoms with E-state index in [0.717, 1.165) is 5.39 Å². The van der Waals surface area contributed by atoms with Crippen LogP contribution in [0.5, 0.6) is 17.2 Å². The second kappa shape index (κ2) is 5.28. The number of ether oxygens (including phenoxy) is 3. The number of fused-ring (bicyclic) bond motifs is 1. The molecule has 0 radical (unpaired) electrons. The quantitative estimate of drug-likeness (QED) is 0.728. The van der Waals surface area contributed by atoms with Crippen LogP contribution in [0.1, 0.15) is 0 Å². The lowest BCUT2D eigenvalue weighted by Gasteiger charge is -2.15. The van der Waals surface area contributed by atoms with Crippen LogP contribution >= 0.6 is 0 Å². The van der Waals surface area contributed by atoms with Crippen molar-refractivity contribution in [1.82, 2.24) is 19.5 Å². The molecule has 0 spiro atoms. The molecule has 7 nitrogen and oxygen atoms in total. The number of benzene rings is 1. The van der Waals surface area contributed by atoms with Gasteiger partial charge in [-0.3, -0.25) is 4.57 Å². The van der Waals surface area contributed by atoms with E-state index in [2.05, 4.69) is 15.0 Å². The van der Waals surface area contributed by atoms with Gasteiger partial charge in [0, 0.05) is 12.4 Å². The largest absolute Gasteiger partial charge is 0.493 e. The molecule has 2 heterocycles. The third-order valence-corrected chi connectivity index (χ3v) is 3.16. The molecule has 21 heavy (non-hydrogen) atoms. The molecule has 3 aromatic rings. The first kappa shape index (κ1) is 13.2. The van der Waals surface area contributed by atoms with E-state index in [1.165, 1.54) is 6.33 Å². The highest BCUT2D eigenvalue weighted by Crippen LogP contribution is 2.43. The number of methoxy groups -OCH3 is 3.